The Morgan fingerprint density at radius 2 is 1.87 bits per heavy atom. The highest BCUT2D eigenvalue weighted by Gasteiger charge is 2.19. The van der Waals surface area contributed by atoms with Crippen molar-refractivity contribution in [1.82, 2.24) is 10.6 Å². The van der Waals surface area contributed by atoms with Gasteiger partial charge in [-0.05, 0) is 11.5 Å². The Kier molecular flexibility index (Phi) is 7.59. The summed E-state index contributed by atoms with van der Waals surface area (Å²) in [7, 11) is 0. The number of nitrogens with one attached hydrogen (secondary N) is 2. The van der Waals surface area contributed by atoms with Crippen molar-refractivity contribution in [3.8, 4) is 0 Å². The minimum Gasteiger partial charge on any atom is -0.548 e. The van der Waals surface area contributed by atoms with Crippen LogP contribution in [0.3, 0.4) is 0 Å². The van der Waals surface area contributed by atoms with Crippen LogP contribution in [0.5, 0.6) is 0 Å². The van der Waals surface area contributed by atoms with Crippen molar-refractivity contribution in [2.75, 3.05) is 6.54 Å². The third kappa shape index (κ3) is 6.82. The van der Waals surface area contributed by atoms with E-state index in [1.54, 1.807) is 19.1 Å². The lowest BCUT2D eigenvalue weighted by molar-refractivity contribution is -0.309. The molecule has 0 bridgehead atoms. The highest BCUT2D eigenvalue weighted by Crippen LogP contribution is 2.06. The first-order valence-corrected chi connectivity index (χ1v) is 7.38. The predicted octanol–water partition coefficient (Wildman–Crippen LogP) is 0.194. The number of amides is 2. The molecular formula is C16H21N2O5-. The van der Waals surface area contributed by atoms with Crippen LogP contribution in [0, 0.1) is 5.92 Å². The molecule has 2 atom stereocenters. The molecule has 0 aliphatic heterocycles. The Labute approximate surface area is 135 Å². The van der Waals surface area contributed by atoms with Gasteiger partial charge in [-0.15, -0.1) is 0 Å². The maximum absolute atomic E-state index is 11.7. The van der Waals surface area contributed by atoms with Gasteiger partial charge in [0, 0.05) is 0 Å². The molecule has 1 aromatic rings. The highest BCUT2D eigenvalue weighted by molar-refractivity contribution is 5.86. The van der Waals surface area contributed by atoms with E-state index in [1.165, 1.54) is 0 Å². The first-order valence-electron chi connectivity index (χ1n) is 7.38. The quantitative estimate of drug-likeness (QED) is 0.711. The maximum Gasteiger partial charge on any atom is 0.407 e. The van der Waals surface area contributed by atoms with Crippen LogP contribution in [0.4, 0.5) is 4.79 Å². The average molecular weight is 321 g/mol. The molecule has 0 aromatic heterocycles. The molecule has 2 N–H and O–H groups in total. The zero-order valence-electron chi connectivity index (χ0n) is 13.2. The lowest BCUT2D eigenvalue weighted by Crippen LogP contribution is -2.53. The minimum absolute atomic E-state index is 0.0861. The van der Waals surface area contributed by atoms with Gasteiger partial charge in [0.1, 0.15) is 13.2 Å². The molecule has 0 unspecified atom stereocenters. The van der Waals surface area contributed by atoms with Gasteiger partial charge in [-0.25, -0.2) is 4.79 Å². The van der Waals surface area contributed by atoms with Gasteiger partial charge in [0.05, 0.1) is 12.0 Å². The van der Waals surface area contributed by atoms with Crippen LogP contribution >= 0.6 is 0 Å². The number of hydrogen-bond acceptors (Lipinski definition) is 5. The van der Waals surface area contributed by atoms with Crippen LogP contribution in [0.1, 0.15) is 25.8 Å². The second kappa shape index (κ2) is 9.45. The van der Waals surface area contributed by atoms with E-state index in [0.29, 0.717) is 6.42 Å². The molecule has 0 heterocycles. The van der Waals surface area contributed by atoms with Gasteiger partial charge in [0.15, 0.2) is 0 Å². The van der Waals surface area contributed by atoms with E-state index >= 15 is 0 Å². The molecule has 1 rings (SSSR count). The van der Waals surface area contributed by atoms with Gasteiger partial charge in [0.25, 0.3) is 0 Å². The molecule has 7 nitrogen and oxygen atoms in total. The fourth-order valence-electron chi connectivity index (χ4n) is 1.82. The molecule has 2 amide bonds. The second-order valence-corrected chi connectivity index (χ2v) is 5.17. The Morgan fingerprint density at radius 3 is 2.43 bits per heavy atom. The molecule has 0 aliphatic rings. The fourth-order valence-corrected chi connectivity index (χ4v) is 1.82. The number of hydrogen-bond donors (Lipinski definition) is 2. The molecule has 0 aliphatic carbocycles. The summed E-state index contributed by atoms with van der Waals surface area (Å²) in [5, 5.41) is 15.6. The summed E-state index contributed by atoms with van der Waals surface area (Å²) in [4.78, 5) is 34.2. The first-order chi connectivity index (χ1) is 10.9. The van der Waals surface area contributed by atoms with Crippen LogP contribution in [-0.2, 0) is 20.9 Å². The van der Waals surface area contributed by atoms with Crippen molar-refractivity contribution < 1.29 is 24.2 Å². The molecule has 126 valence electrons. The van der Waals surface area contributed by atoms with Crippen molar-refractivity contribution in [2.24, 2.45) is 5.92 Å². The van der Waals surface area contributed by atoms with Crippen molar-refractivity contribution in [2.45, 2.75) is 32.9 Å². The van der Waals surface area contributed by atoms with Gasteiger partial charge in [0.2, 0.25) is 5.91 Å². The molecule has 1 aromatic carbocycles. The van der Waals surface area contributed by atoms with E-state index in [0.717, 1.165) is 5.56 Å². The van der Waals surface area contributed by atoms with Crippen LogP contribution in [0.2, 0.25) is 0 Å². The van der Waals surface area contributed by atoms with Crippen LogP contribution in [0.15, 0.2) is 30.3 Å². The molecule has 7 heteroatoms. The molecule has 0 saturated heterocycles. The number of ether oxygens (including phenoxy) is 1. The standard InChI is InChI=1S/C16H22N2O5/c1-3-11(2)14(15(20)21)18-13(19)9-17-16(22)23-10-12-7-5-4-6-8-12/h4-8,11,14H,3,9-10H2,1-2H3,(H,17,22)(H,18,19)(H,20,21)/p-1/t11-,14+/m1/s1. The van der Waals surface area contributed by atoms with Gasteiger partial charge >= 0.3 is 6.09 Å². The summed E-state index contributed by atoms with van der Waals surface area (Å²) in [6.45, 7) is 3.23. The van der Waals surface area contributed by atoms with E-state index in [-0.39, 0.29) is 19.1 Å². The van der Waals surface area contributed by atoms with E-state index < -0.39 is 24.0 Å². The van der Waals surface area contributed by atoms with Crippen molar-refractivity contribution >= 4 is 18.0 Å². The smallest absolute Gasteiger partial charge is 0.407 e. The minimum atomic E-state index is -1.35. The number of rotatable bonds is 8. The normalized spacial score (nSPS) is 12.8. The number of carbonyl (C=O) groups is 3. The molecule has 0 saturated carbocycles. The lowest BCUT2D eigenvalue weighted by Gasteiger charge is -2.25. The van der Waals surface area contributed by atoms with Gasteiger partial charge < -0.3 is 25.3 Å². The number of carbonyl (C=O) groups excluding carboxylic acids is 3. The summed E-state index contributed by atoms with van der Waals surface area (Å²) in [6, 6.07) is 8.00. The molecular weight excluding hydrogens is 300 g/mol. The van der Waals surface area contributed by atoms with Crippen molar-refractivity contribution in [3.05, 3.63) is 35.9 Å². The summed E-state index contributed by atoms with van der Waals surface area (Å²) >= 11 is 0. The number of benzene rings is 1. The van der Waals surface area contributed by atoms with Gasteiger partial charge in [-0.1, -0.05) is 50.6 Å². The zero-order chi connectivity index (χ0) is 17.2. The summed E-state index contributed by atoms with van der Waals surface area (Å²) in [6.07, 6.45) is -0.177. The number of alkyl carbamates (subject to hydrolysis) is 1. The number of aliphatic carboxylic acids is 1. The third-order valence-electron chi connectivity index (χ3n) is 3.39. The van der Waals surface area contributed by atoms with E-state index in [2.05, 4.69) is 10.6 Å². The van der Waals surface area contributed by atoms with Gasteiger partial charge in [-0.2, -0.15) is 0 Å². The summed E-state index contributed by atoms with van der Waals surface area (Å²) < 4.78 is 4.94. The molecule has 0 fully saturated rings. The first kappa shape index (κ1) is 18.5. The Hall–Kier alpha value is -2.57. The SMILES string of the molecule is CC[C@@H](C)[C@H](NC(=O)CNC(=O)OCc1ccccc1)C(=O)[O-]. The topological polar surface area (TPSA) is 108 Å². The molecule has 23 heavy (non-hydrogen) atoms. The van der Waals surface area contributed by atoms with Crippen LogP contribution in [-0.4, -0.2) is 30.6 Å². The Balaban J connectivity index is 2.34. The van der Waals surface area contributed by atoms with Crippen LogP contribution < -0.4 is 15.7 Å². The number of carboxylic acid groups (broad SMARTS) is 1. The Bertz CT molecular complexity index is 533. The fraction of sp³-hybridized carbons (Fsp3) is 0.438. The van der Waals surface area contributed by atoms with Crippen LogP contribution in [0.25, 0.3) is 0 Å². The lowest BCUT2D eigenvalue weighted by atomic mass is 9.99. The average Bonchev–Trinajstić information content (AvgIpc) is 2.55. The highest BCUT2D eigenvalue weighted by atomic mass is 16.5. The summed E-state index contributed by atoms with van der Waals surface area (Å²) in [5.41, 5.74) is 0.820. The second-order valence-electron chi connectivity index (χ2n) is 5.17. The maximum atomic E-state index is 11.7. The van der Waals surface area contributed by atoms with E-state index in [9.17, 15) is 19.5 Å². The summed E-state index contributed by atoms with van der Waals surface area (Å²) in [5.74, 6) is -2.23. The number of carboxylic acids is 1. The largest absolute Gasteiger partial charge is 0.548 e. The monoisotopic (exact) mass is 321 g/mol. The third-order valence-corrected chi connectivity index (χ3v) is 3.39. The van der Waals surface area contributed by atoms with Gasteiger partial charge in [-0.3, -0.25) is 4.79 Å². The Morgan fingerprint density at radius 1 is 1.22 bits per heavy atom. The predicted molar refractivity (Wildman–Crippen MR) is 81.0 cm³/mol. The zero-order valence-corrected chi connectivity index (χ0v) is 13.2. The van der Waals surface area contributed by atoms with Crippen molar-refractivity contribution in [1.29, 1.82) is 0 Å². The molecule has 0 spiro atoms. The van der Waals surface area contributed by atoms with Crippen molar-refractivity contribution in [3.63, 3.8) is 0 Å². The molecule has 0 radical (unpaired) electrons. The van der Waals surface area contributed by atoms with E-state index in [1.807, 2.05) is 25.1 Å². The van der Waals surface area contributed by atoms with E-state index in [4.69, 9.17) is 4.74 Å².